The van der Waals surface area contributed by atoms with E-state index in [4.69, 9.17) is 0 Å². The molecule has 20 heavy (non-hydrogen) atoms. The van der Waals surface area contributed by atoms with Crippen LogP contribution in [0.25, 0.3) is 0 Å². The van der Waals surface area contributed by atoms with Gasteiger partial charge in [-0.2, -0.15) is 0 Å². The third-order valence-electron chi connectivity index (χ3n) is 2.80. The van der Waals surface area contributed by atoms with E-state index in [0.717, 1.165) is 17.2 Å². The summed E-state index contributed by atoms with van der Waals surface area (Å²) in [6, 6.07) is 1.83. The van der Waals surface area contributed by atoms with Gasteiger partial charge in [0.2, 0.25) is 5.91 Å². The molecule has 1 N–H and O–H groups in total. The zero-order chi connectivity index (χ0) is 14.5. The number of hydrogen-bond donors (Lipinski definition) is 1. The van der Waals surface area contributed by atoms with Gasteiger partial charge in [-0.05, 0) is 25.3 Å². The number of carbonyl (C=O) groups is 1. The first-order chi connectivity index (χ1) is 9.54. The molecule has 2 rings (SSSR count). The van der Waals surface area contributed by atoms with E-state index < -0.39 is 0 Å². The Labute approximate surface area is 122 Å². The summed E-state index contributed by atoms with van der Waals surface area (Å²) in [5.74, 6) is 1.07. The van der Waals surface area contributed by atoms with E-state index >= 15 is 0 Å². The number of amides is 1. The second-order valence-corrected chi connectivity index (χ2v) is 5.73. The molecule has 0 radical (unpaired) electrons. The van der Waals surface area contributed by atoms with Gasteiger partial charge in [0.1, 0.15) is 5.82 Å². The molecule has 0 fully saturated rings. The molecule has 1 amide bonds. The molecule has 0 atom stereocenters. The maximum Gasteiger partial charge on any atom is 0.226 e. The van der Waals surface area contributed by atoms with Gasteiger partial charge in [-0.3, -0.25) is 4.79 Å². The lowest BCUT2D eigenvalue weighted by Gasteiger charge is -2.02. The number of nitrogens with one attached hydrogen (secondary N) is 1. The lowest BCUT2D eigenvalue weighted by Crippen LogP contribution is -2.12. The highest BCUT2D eigenvalue weighted by molar-refractivity contribution is 7.13. The average molecular weight is 290 g/mol. The monoisotopic (exact) mass is 290 g/mol. The quantitative estimate of drug-likeness (QED) is 0.919. The molecule has 2 aromatic heterocycles. The largest absolute Gasteiger partial charge is 0.302 e. The van der Waals surface area contributed by atoms with Crippen LogP contribution in [0.5, 0.6) is 0 Å². The van der Waals surface area contributed by atoms with Crippen LogP contribution in [-0.4, -0.2) is 20.9 Å². The summed E-state index contributed by atoms with van der Waals surface area (Å²) >= 11 is 1.46. The van der Waals surface area contributed by atoms with E-state index in [2.05, 4.69) is 34.1 Å². The van der Waals surface area contributed by atoms with E-state index in [1.54, 1.807) is 6.20 Å². The molecule has 0 saturated carbocycles. The highest BCUT2D eigenvalue weighted by atomic mass is 32.1. The second-order valence-electron chi connectivity index (χ2n) is 4.88. The standard InChI is InChI=1S/C14H18N4OS/c1-9(2)12-8-20-14(17-12)18-13(19)5-4-11-6-7-15-10(3)16-11/h6-9H,4-5H2,1-3H3,(H,17,18,19). The van der Waals surface area contributed by atoms with Crippen molar-refractivity contribution in [3.8, 4) is 0 Å². The van der Waals surface area contributed by atoms with Gasteiger partial charge in [-0.25, -0.2) is 15.0 Å². The summed E-state index contributed by atoms with van der Waals surface area (Å²) < 4.78 is 0. The maximum atomic E-state index is 11.9. The fourth-order valence-electron chi connectivity index (χ4n) is 1.68. The Morgan fingerprint density at radius 2 is 2.20 bits per heavy atom. The zero-order valence-corrected chi connectivity index (χ0v) is 12.7. The van der Waals surface area contributed by atoms with Crippen molar-refractivity contribution in [1.29, 1.82) is 0 Å². The van der Waals surface area contributed by atoms with Gasteiger partial charge in [-0.15, -0.1) is 11.3 Å². The molecule has 0 aliphatic rings. The molecule has 106 valence electrons. The van der Waals surface area contributed by atoms with Crippen LogP contribution < -0.4 is 5.32 Å². The number of thiazole rings is 1. The number of rotatable bonds is 5. The fraction of sp³-hybridized carbons (Fsp3) is 0.429. The third kappa shape index (κ3) is 4.09. The van der Waals surface area contributed by atoms with Gasteiger partial charge in [-0.1, -0.05) is 13.8 Å². The number of carbonyl (C=O) groups excluding carboxylic acids is 1. The molecular weight excluding hydrogens is 272 g/mol. The molecule has 5 nitrogen and oxygen atoms in total. The summed E-state index contributed by atoms with van der Waals surface area (Å²) in [5.41, 5.74) is 1.89. The van der Waals surface area contributed by atoms with Crippen molar-refractivity contribution in [2.45, 2.75) is 39.5 Å². The highest BCUT2D eigenvalue weighted by Crippen LogP contribution is 2.21. The topological polar surface area (TPSA) is 67.8 Å². The van der Waals surface area contributed by atoms with Crippen molar-refractivity contribution in [3.05, 3.63) is 34.9 Å². The van der Waals surface area contributed by atoms with Crippen LogP contribution in [0.2, 0.25) is 0 Å². The Balaban J connectivity index is 1.86. The van der Waals surface area contributed by atoms with E-state index in [1.807, 2.05) is 18.4 Å². The molecule has 0 aliphatic heterocycles. The summed E-state index contributed by atoms with van der Waals surface area (Å²) in [7, 11) is 0. The third-order valence-corrected chi connectivity index (χ3v) is 3.58. The molecule has 0 aromatic carbocycles. The van der Waals surface area contributed by atoms with Crippen LogP contribution in [-0.2, 0) is 11.2 Å². The van der Waals surface area contributed by atoms with Crippen LogP contribution in [0.1, 0.15) is 43.4 Å². The van der Waals surface area contributed by atoms with Crippen LogP contribution in [0.3, 0.4) is 0 Å². The van der Waals surface area contributed by atoms with Gasteiger partial charge in [0.05, 0.1) is 5.69 Å². The minimum Gasteiger partial charge on any atom is -0.302 e. The lowest BCUT2D eigenvalue weighted by atomic mass is 10.2. The Morgan fingerprint density at radius 1 is 1.40 bits per heavy atom. The molecule has 6 heteroatoms. The van der Waals surface area contributed by atoms with Crippen molar-refractivity contribution in [1.82, 2.24) is 15.0 Å². The van der Waals surface area contributed by atoms with Gasteiger partial charge in [0.15, 0.2) is 5.13 Å². The molecule has 2 heterocycles. The lowest BCUT2D eigenvalue weighted by molar-refractivity contribution is -0.116. The summed E-state index contributed by atoms with van der Waals surface area (Å²) in [6.45, 7) is 6.00. The molecule has 0 spiro atoms. The van der Waals surface area contributed by atoms with Crippen LogP contribution in [0, 0.1) is 6.92 Å². The van der Waals surface area contributed by atoms with Crippen LogP contribution in [0.4, 0.5) is 5.13 Å². The van der Waals surface area contributed by atoms with E-state index in [-0.39, 0.29) is 5.91 Å². The molecular formula is C14H18N4OS. The van der Waals surface area contributed by atoms with Crippen molar-refractivity contribution in [2.24, 2.45) is 0 Å². The first-order valence-corrected chi connectivity index (χ1v) is 7.46. The van der Waals surface area contributed by atoms with Gasteiger partial charge >= 0.3 is 0 Å². The minimum absolute atomic E-state index is 0.0362. The molecule has 0 bridgehead atoms. The predicted molar refractivity (Wildman–Crippen MR) is 79.9 cm³/mol. The number of aromatic nitrogens is 3. The van der Waals surface area contributed by atoms with Crippen LogP contribution in [0.15, 0.2) is 17.6 Å². The zero-order valence-electron chi connectivity index (χ0n) is 11.9. The van der Waals surface area contributed by atoms with Gasteiger partial charge in [0, 0.05) is 23.7 Å². The highest BCUT2D eigenvalue weighted by Gasteiger charge is 2.09. The first kappa shape index (κ1) is 14.6. The molecule has 2 aromatic rings. The van der Waals surface area contributed by atoms with Crippen molar-refractivity contribution in [2.75, 3.05) is 5.32 Å². The van der Waals surface area contributed by atoms with E-state index in [1.165, 1.54) is 11.3 Å². The summed E-state index contributed by atoms with van der Waals surface area (Å²) in [6.07, 6.45) is 2.72. The van der Waals surface area contributed by atoms with Crippen molar-refractivity contribution >= 4 is 22.4 Å². The van der Waals surface area contributed by atoms with Crippen LogP contribution >= 0.6 is 11.3 Å². The Hall–Kier alpha value is -1.82. The fourth-order valence-corrected chi connectivity index (χ4v) is 2.56. The van der Waals surface area contributed by atoms with Crippen molar-refractivity contribution < 1.29 is 4.79 Å². The minimum atomic E-state index is -0.0362. The second kappa shape index (κ2) is 6.56. The Morgan fingerprint density at radius 3 is 2.85 bits per heavy atom. The van der Waals surface area contributed by atoms with Gasteiger partial charge in [0.25, 0.3) is 0 Å². The number of aryl methyl sites for hydroxylation is 2. The average Bonchev–Trinajstić information content (AvgIpc) is 2.85. The molecule has 0 saturated heterocycles. The Kier molecular flexibility index (Phi) is 4.79. The summed E-state index contributed by atoms with van der Waals surface area (Å²) in [4.78, 5) is 24.6. The smallest absolute Gasteiger partial charge is 0.226 e. The first-order valence-electron chi connectivity index (χ1n) is 6.58. The number of anilines is 1. The van der Waals surface area contributed by atoms with Gasteiger partial charge < -0.3 is 5.32 Å². The maximum absolute atomic E-state index is 11.9. The normalized spacial score (nSPS) is 10.8. The number of nitrogens with zero attached hydrogens (tertiary/aromatic N) is 3. The number of hydrogen-bond acceptors (Lipinski definition) is 5. The predicted octanol–water partition coefficient (Wildman–Crippen LogP) is 2.94. The molecule has 0 unspecified atom stereocenters. The van der Waals surface area contributed by atoms with E-state index in [0.29, 0.717) is 23.9 Å². The molecule has 0 aliphatic carbocycles. The van der Waals surface area contributed by atoms with Crippen molar-refractivity contribution in [3.63, 3.8) is 0 Å². The van der Waals surface area contributed by atoms with E-state index in [9.17, 15) is 4.79 Å². The SMILES string of the molecule is Cc1nccc(CCC(=O)Nc2nc(C(C)C)cs2)n1. The Bertz CT molecular complexity index is 594. The summed E-state index contributed by atoms with van der Waals surface area (Å²) in [5, 5.41) is 5.47.